The van der Waals surface area contributed by atoms with Crippen LogP contribution in [-0.2, 0) is 9.59 Å². The standard InChI is InChI=1S/C11H15N5O4/c1-2-12-11(20)7-3-4-8(16-15-7)13-5-9(17)14-6-10(18)19/h3-4H,2,5-6H2,1H3,(H,12,20)(H,13,16)(H,14,17)(H,18,19). The van der Waals surface area contributed by atoms with Gasteiger partial charge in [0.05, 0.1) is 6.54 Å². The summed E-state index contributed by atoms with van der Waals surface area (Å²) in [5.41, 5.74) is 0.174. The third-order valence-electron chi connectivity index (χ3n) is 2.10. The van der Waals surface area contributed by atoms with Gasteiger partial charge in [0.1, 0.15) is 12.4 Å². The minimum absolute atomic E-state index is 0.136. The Labute approximate surface area is 114 Å². The van der Waals surface area contributed by atoms with E-state index >= 15 is 0 Å². The second-order valence-electron chi connectivity index (χ2n) is 3.69. The van der Waals surface area contributed by atoms with Gasteiger partial charge in [0.2, 0.25) is 5.91 Å². The number of hydrogen-bond donors (Lipinski definition) is 4. The van der Waals surface area contributed by atoms with Crippen LogP contribution >= 0.6 is 0 Å². The first kappa shape index (κ1) is 15.3. The van der Waals surface area contributed by atoms with Crippen molar-refractivity contribution in [1.82, 2.24) is 20.8 Å². The molecule has 1 aromatic heterocycles. The van der Waals surface area contributed by atoms with E-state index in [1.165, 1.54) is 12.1 Å². The molecule has 0 saturated heterocycles. The Kier molecular flexibility index (Phi) is 5.88. The van der Waals surface area contributed by atoms with E-state index in [4.69, 9.17) is 5.11 Å². The van der Waals surface area contributed by atoms with Crippen molar-refractivity contribution < 1.29 is 19.5 Å². The second kappa shape index (κ2) is 7.67. The lowest BCUT2D eigenvalue weighted by Crippen LogP contribution is -2.34. The van der Waals surface area contributed by atoms with Gasteiger partial charge in [-0.3, -0.25) is 14.4 Å². The van der Waals surface area contributed by atoms with Crippen LogP contribution < -0.4 is 16.0 Å². The summed E-state index contributed by atoms with van der Waals surface area (Å²) in [6.07, 6.45) is 0. The van der Waals surface area contributed by atoms with Crippen molar-refractivity contribution in [2.45, 2.75) is 6.92 Å². The fourth-order valence-corrected chi connectivity index (χ4v) is 1.21. The minimum Gasteiger partial charge on any atom is -0.480 e. The van der Waals surface area contributed by atoms with Crippen LogP contribution in [0, 0.1) is 0 Å². The number of aliphatic carboxylic acids is 1. The van der Waals surface area contributed by atoms with Gasteiger partial charge >= 0.3 is 5.97 Å². The summed E-state index contributed by atoms with van der Waals surface area (Å²) in [4.78, 5) is 32.9. The van der Waals surface area contributed by atoms with Gasteiger partial charge in [0, 0.05) is 6.54 Å². The van der Waals surface area contributed by atoms with E-state index in [-0.39, 0.29) is 18.1 Å². The lowest BCUT2D eigenvalue weighted by molar-refractivity contribution is -0.137. The number of amides is 2. The molecule has 0 aromatic carbocycles. The van der Waals surface area contributed by atoms with Gasteiger partial charge in [-0.2, -0.15) is 0 Å². The smallest absolute Gasteiger partial charge is 0.322 e. The maximum Gasteiger partial charge on any atom is 0.322 e. The molecule has 0 atom stereocenters. The molecule has 4 N–H and O–H groups in total. The number of nitrogens with one attached hydrogen (secondary N) is 3. The van der Waals surface area contributed by atoms with Crippen molar-refractivity contribution in [3.8, 4) is 0 Å². The highest BCUT2D eigenvalue weighted by Gasteiger charge is 2.07. The number of carbonyl (C=O) groups is 3. The van der Waals surface area contributed by atoms with Gasteiger partial charge in [-0.05, 0) is 19.1 Å². The lowest BCUT2D eigenvalue weighted by Gasteiger charge is -2.05. The highest BCUT2D eigenvalue weighted by molar-refractivity contribution is 5.92. The molecule has 9 heteroatoms. The number of anilines is 1. The van der Waals surface area contributed by atoms with Gasteiger partial charge in [-0.1, -0.05) is 0 Å². The van der Waals surface area contributed by atoms with Crippen molar-refractivity contribution in [2.24, 2.45) is 0 Å². The molecule has 0 radical (unpaired) electrons. The number of carboxylic acids is 1. The highest BCUT2D eigenvalue weighted by atomic mass is 16.4. The van der Waals surface area contributed by atoms with Crippen molar-refractivity contribution >= 4 is 23.6 Å². The van der Waals surface area contributed by atoms with Gasteiger partial charge in [0.15, 0.2) is 5.69 Å². The molecule has 0 spiro atoms. The number of rotatable bonds is 7. The molecule has 2 amide bonds. The molecular weight excluding hydrogens is 266 g/mol. The first-order chi connectivity index (χ1) is 9.52. The van der Waals surface area contributed by atoms with Crippen LogP contribution in [-0.4, -0.2) is 52.7 Å². The Hall–Kier alpha value is -2.71. The van der Waals surface area contributed by atoms with E-state index in [2.05, 4.69) is 26.1 Å². The normalized spacial score (nSPS) is 9.65. The van der Waals surface area contributed by atoms with Gasteiger partial charge in [0.25, 0.3) is 5.91 Å². The van der Waals surface area contributed by atoms with E-state index in [1.54, 1.807) is 6.92 Å². The predicted molar refractivity (Wildman–Crippen MR) is 69.2 cm³/mol. The van der Waals surface area contributed by atoms with Crippen molar-refractivity contribution in [2.75, 3.05) is 25.0 Å². The van der Waals surface area contributed by atoms with Crippen LogP contribution in [0.5, 0.6) is 0 Å². The SMILES string of the molecule is CCNC(=O)c1ccc(NCC(=O)NCC(=O)O)nn1. The average molecular weight is 281 g/mol. The first-order valence-electron chi connectivity index (χ1n) is 5.87. The Morgan fingerprint density at radius 2 is 1.90 bits per heavy atom. The monoisotopic (exact) mass is 281 g/mol. The Balaban J connectivity index is 2.43. The molecule has 0 aliphatic carbocycles. The van der Waals surface area contributed by atoms with Gasteiger partial charge in [-0.25, -0.2) is 0 Å². The van der Waals surface area contributed by atoms with E-state index < -0.39 is 18.4 Å². The zero-order chi connectivity index (χ0) is 15.0. The summed E-state index contributed by atoms with van der Waals surface area (Å²) < 4.78 is 0. The topological polar surface area (TPSA) is 133 Å². The number of carbonyl (C=O) groups excluding carboxylic acids is 2. The summed E-state index contributed by atoms with van der Waals surface area (Å²) in [5, 5.41) is 23.2. The molecule has 0 unspecified atom stereocenters. The number of aromatic nitrogens is 2. The van der Waals surface area contributed by atoms with Crippen molar-refractivity contribution in [3.63, 3.8) is 0 Å². The van der Waals surface area contributed by atoms with Crippen LogP contribution in [0.25, 0.3) is 0 Å². The molecule has 0 fully saturated rings. The molecule has 1 heterocycles. The number of carboxylic acid groups (broad SMARTS) is 1. The largest absolute Gasteiger partial charge is 0.480 e. The fraction of sp³-hybridized carbons (Fsp3) is 0.364. The van der Waals surface area contributed by atoms with Crippen LogP contribution in [0.1, 0.15) is 17.4 Å². The quantitative estimate of drug-likeness (QED) is 0.495. The number of nitrogens with zero attached hydrogens (tertiary/aromatic N) is 2. The Morgan fingerprint density at radius 3 is 2.45 bits per heavy atom. The van der Waals surface area contributed by atoms with Gasteiger partial charge < -0.3 is 21.1 Å². The van der Waals surface area contributed by atoms with E-state index in [9.17, 15) is 14.4 Å². The van der Waals surface area contributed by atoms with Crippen molar-refractivity contribution in [3.05, 3.63) is 17.8 Å². The lowest BCUT2D eigenvalue weighted by atomic mass is 10.3. The third-order valence-corrected chi connectivity index (χ3v) is 2.10. The van der Waals surface area contributed by atoms with Crippen LogP contribution in [0.15, 0.2) is 12.1 Å². The van der Waals surface area contributed by atoms with Crippen LogP contribution in [0.2, 0.25) is 0 Å². The molecule has 0 aliphatic heterocycles. The summed E-state index contributed by atoms with van der Waals surface area (Å²) in [5.74, 6) is -1.62. The molecule has 108 valence electrons. The maximum absolute atomic E-state index is 11.4. The van der Waals surface area contributed by atoms with Gasteiger partial charge in [-0.15, -0.1) is 10.2 Å². The summed E-state index contributed by atoms with van der Waals surface area (Å²) in [6, 6.07) is 2.97. The molecule has 0 bridgehead atoms. The zero-order valence-electron chi connectivity index (χ0n) is 10.8. The molecular formula is C11H15N5O4. The molecule has 0 saturated carbocycles. The molecule has 1 rings (SSSR count). The van der Waals surface area contributed by atoms with E-state index in [1.807, 2.05) is 0 Å². The predicted octanol–water partition coefficient (Wildman–Crippen LogP) is -1.16. The first-order valence-corrected chi connectivity index (χ1v) is 5.87. The molecule has 0 aliphatic rings. The summed E-state index contributed by atoms with van der Waals surface area (Å²) in [6.45, 7) is 1.70. The van der Waals surface area contributed by atoms with Crippen LogP contribution in [0.3, 0.4) is 0 Å². The third kappa shape index (κ3) is 5.29. The molecule has 20 heavy (non-hydrogen) atoms. The molecule has 1 aromatic rings. The zero-order valence-corrected chi connectivity index (χ0v) is 10.8. The molecule has 9 nitrogen and oxygen atoms in total. The summed E-state index contributed by atoms with van der Waals surface area (Å²) in [7, 11) is 0. The maximum atomic E-state index is 11.4. The second-order valence-corrected chi connectivity index (χ2v) is 3.69. The summed E-state index contributed by atoms with van der Waals surface area (Å²) >= 11 is 0. The van der Waals surface area contributed by atoms with E-state index in [0.29, 0.717) is 12.4 Å². The Bertz CT molecular complexity index is 488. The average Bonchev–Trinajstić information content (AvgIpc) is 2.43. The van der Waals surface area contributed by atoms with Crippen LogP contribution in [0.4, 0.5) is 5.82 Å². The minimum atomic E-state index is -1.12. The van der Waals surface area contributed by atoms with E-state index in [0.717, 1.165) is 0 Å². The van der Waals surface area contributed by atoms with Crippen molar-refractivity contribution in [1.29, 1.82) is 0 Å². The highest BCUT2D eigenvalue weighted by Crippen LogP contribution is 2.01. The Morgan fingerprint density at radius 1 is 1.15 bits per heavy atom. The number of hydrogen-bond acceptors (Lipinski definition) is 6. The fourth-order valence-electron chi connectivity index (χ4n) is 1.21.